The van der Waals surface area contributed by atoms with Crippen LogP contribution in [-0.4, -0.2) is 78.9 Å². The number of rotatable bonds is 9. The Morgan fingerprint density at radius 3 is 2.33 bits per heavy atom. The number of nitrogens with zero attached hydrogens (tertiary/aromatic N) is 7. The number of aromatic nitrogens is 7. The number of nitrogens with one attached hydrogen (secondary N) is 2. The third-order valence-corrected chi connectivity index (χ3v) is 13.8. The van der Waals surface area contributed by atoms with Gasteiger partial charge in [-0.1, -0.05) is 29.7 Å². The average Bonchev–Trinajstić information content (AvgIpc) is 3.75. The molecule has 326 valence electrons. The van der Waals surface area contributed by atoms with Crippen LogP contribution in [0.2, 0.25) is 0 Å². The topological polar surface area (TPSA) is 184 Å². The molecule has 1 aliphatic carbocycles. The van der Waals surface area contributed by atoms with E-state index in [-0.39, 0.29) is 36.4 Å². The zero-order valence-electron chi connectivity index (χ0n) is 34.8. The summed E-state index contributed by atoms with van der Waals surface area (Å²) in [7, 11) is -3.53. The molecular formula is C44H43ClFN9O7S. The lowest BCUT2D eigenvalue weighted by Gasteiger charge is -2.33. The van der Waals surface area contributed by atoms with Gasteiger partial charge in [-0.05, 0) is 116 Å². The van der Waals surface area contributed by atoms with E-state index in [0.717, 1.165) is 35.6 Å². The van der Waals surface area contributed by atoms with Crippen LogP contribution in [0, 0.1) is 25.6 Å². The Morgan fingerprint density at radius 2 is 1.68 bits per heavy atom. The van der Waals surface area contributed by atoms with E-state index in [2.05, 4.69) is 27.0 Å². The van der Waals surface area contributed by atoms with Crippen LogP contribution in [0.1, 0.15) is 81.9 Å². The highest BCUT2D eigenvalue weighted by Crippen LogP contribution is 2.56. The molecule has 4 aromatic heterocycles. The maximum Gasteiger partial charge on any atom is 0.438 e. The number of hydrogen-bond acceptors (Lipinski definition) is 9. The van der Waals surface area contributed by atoms with Crippen molar-refractivity contribution in [3.05, 3.63) is 139 Å². The number of sulfonamides is 1. The third kappa shape index (κ3) is 6.82. The van der Waals surface area contributed by atoms with Crippen molar-refractivity contribution in [2.45, 2.75) is 63.4 Å². The first-order valence-corrected chi connectivity index (χ1v) is 23.0. The standard InChI is InChI=1S/C44H43ClFN9O7S/c1-24-19-32(20-25(2)37(24)46)55-39(53-16-15-51(43(53)58)31-8-6-30(7-9-31)50-63(4,59)60)36-33(48-55)11-14-52(38(36)45)40(56)35-22-29-21-28(27-12-17-61-18-13-27)5-10-34(29)54(35)44(23-26(44)3)41-47-42(57)62-49-41/h5-10,15-16,19-22,26-27,38,50H,11-14,17-18,23H2,1-4H3,(H,47,49,57)/t26-,38+,44-/m0/s1. The predicted octanol–water partition coefficient (Wildman–Crippen LogP) is 6.19. The monoisotopic (exact) mass is 895 g/mol. The molecule has 2 N–H and O–H groups in total. The minimum atomic E-state index is -3.53. The molecule has 6 heterocycles. The summed E-state index contributed by atoms with van der Waals surface area (Å²) in [4.78, 5) is 46.5. The van der Waals surface area contributed by atoms with E-state index >= 15 is 9.18 Å². The molecule has 19 heteroatoms. The second-order valence-corrected chi connectivity index (χ2v) is 19.0. The van der Waals surface area contributed by atoms with Crippen molar-refractivity contribution in [1.29, 1.82) is 0 Å². The van der Waals surface area contributed by atoms with Gasteiger partial charge >= 0.3 is 11.4 Å². The fourth-order valence-electron chi connectivity index (χ4n) is 9.52. The summed E-state index contributed by atoms with van der Waals surface area (Å²) in [5.74, 6) is -0.575. The molecule has 63 heavy (non-hydrogen) atoms. The van der Waals surface area contributed by atoms with Crippen molar-refractivity contribution < 1.29 is 26.9 Å². The van der Waals surface area contributed by atoms with Gasteiger partial charge in [-0.15, -0.1) is 0 Å². The maximum absolute atomic E-state index is 15.3. The highest BCUT2D eigenvalue weighted by molar-refractivity contribution is 7.92. The van der Waals surface area contributed by atoms with E-state index in [1.54, 1.807) is 72.2 Å². The molecule has 3 atom stereocenters. The number of fused-ring (bicyclic) bond motifs is 2. The van der Waals surface area contributed by atoms with Crippen LogP contribution in [-0.2, 0) is 26.7 Å². The van der Waals surface area contributed by atoms with Gasteiger partial charge in [0.1, 0.15) is 22.6 Å². The Kier molecular flexibility index (Phi) is 9.68. The lowest BCUT2D eigenvalue weighted by Crippen LogP contribution is -2.40. The number of benzene rings is 3. The largest absolute Gasteiger partial charge is 0.438 e. The Morgan fingerprint density at radius 1 is 0.984 bits per heavy atom. The van der Waals surface area contributed by atoms with Gasteiger partial charge < -0.3 is 14.2 Å². The van der Waals surface area contributed by atoms with Crippen molar-refractivity contribution in [2.75, 3.05) is 30.7 Å². The molecule has 0 radical (unpaired) electrons. The lowest BCUT2D eigenvalue weighted by molar-refractivity contribution is 0.0709. The van der Waals surface area contributed by atoms with Crippen LogP contribution in [0.5, 0.6) is 0 Å². The molecule has 1 amide bonds. The number of aryl methyl sites for hydroxylation is 2. The molecule has 0 unspecified atom stereocenters. The molecule has 10 rings (SSSR count). The normalized spacial score (nSPS) is 20.3. The van der Waals surface area contributed by atoms with Crippen LogP contribution in [0.25, 0.3) is 28.1 Å². The molecule has 3 aromatic carbocycles. The van der Waals surface area contributed by atoms with Gasteiger partial charge in [0.15, 0.2) is 11.6 Å². The Hall–Kier alpha value is -6.24. The Labute approximate surface area is 364 Å². The van der Waals surface area contributed by atoms with Gasteiger partial charge in [-0.3, -0.25) is 28.2 Å². The maximum atomic E-state index is 15.3. The zero-order valence-corrected chi connectivity index (χ0v) is 36.3. The predicted molar refractivity (Wildman–Crippen MR) is 232 cm³/mol. The van der Waals surface area contributed by atoms with Gasteiger partial charge in [-0.2, -0.15) is 5.10 Å². The summed E-state index contributed by atoms with van der Waals surface area (Å²) in [6, 6.07) is 17.7. The van der Waals surface area contributed by atoms with Crippen molar-refractivity contribution in [3.8, 4) is 17.2 Å². The number of aromatic amines is 1. The first-order valence-electron chi connectivity index (χ1n) is 20.7. The van der Waals surface area contributed by atoms with Crippen molar-refractivity contribution in [3.63, 3.8) is 0 Å². The highest BCUT2D eigenvalue weighted by atomic mass is 35.5. The molecule has 1 saturated heterocycles. The molecule has 16 nitrogen and oxygen atoms in total. The molecule has 0 spiro atoms. The molecule has 1 saturated carbocycles. The number of hydrogen-bond donors (Lipinski definition) is 2. The van der Waals surface area contributed by atoms with Gasteiger partial charge in [-0.25, -0.2) is 27.1 Å². The fourth-order valence-corrected chi connectivity index (χ4v) is 10.5. The average molecular weight is 896 g/mol. The first-order chi connectivity index (χ1) is 30.1. The van der Waals surface area contributed by atoms with E-state index in [4.69, 9.17) is 26.0 Å². The van der Waals surface area contributed by atoms with Crippen LogP contribution in [0.4, 0.5) is 10.1 Å². The molecule has 2 aliphatic heterocycles. The summed E-state index contributed by atoms with van der Waals surface area (Å²) in [6.07, 6.45) is 6.82. The highest BCUT2D eigenvalue weighted by Gasteiger charge is 2.59. The summed E-state index contributed by atoms with van der Waals surface area (Å²) in [6.45, 7) is 6.87. The minimum Gasteiger partial charge on any atom is -0.381 e. The molecule has 0 bridgehead atoms. The smallest absolute Gasteiger partial charge is 0.381 e. The second-order valence-electron chi connectivity index (χ2n) is 16.9. The van der Waals surface area contributed by atoms with Gasteiger partial charge in [0.05, 0.1) is 28.9 Å². The summed E-state index contributed by atoms with van der Waals surface area (Å²) in [5.41, 5.74) is 2.75. The first kappa shape index (κ1) is 40.8. The van der Waals surface area contributed by atoms with Gasteiger partial charge in [0.2, 0.25) is 10.0 Å². The Balaban J connectivity index is 1.10. The number of alkyl halides is 1. The van der Waals surface area contributed by atoms with Crippen LogP contribution in [0.15, 0.2) is 87.2 Å². The quantitative estimate of drug-likeness (QED) is 0.126. The number of anilines is 1. The number of carbonyl (C=O) groups is 1. The zero-order chi connectivity index (χ0) is 44.1. The van der Waals surface area contributed by atoms with E-state index in [0.29, 0.717) is 76.5 Å². The van der Waals surface area contributed by atoms with Gasteiger partial charge in [0.25, 0.3) is 5.91 Å². The number of H-pyrrole nitrogens is 1. The second kappa shape index (κ2) is 14.9. The summed E-state index contributed by atoms with van der Waals surface area (Å²) < 4.78 is 58.1. The van der Waals surface area contributed by atoms with Crippen molar-refractivity contribution >= 4 is 44.1 Å². The number of amides is 1. The molecule has 3 aliphatic rings. The number of ether oxygens (including phenoxy) is 1. The minimum absolute atomic E-state index is 0.0224. The van der Waals surface area contributed by atoms with Crippen LogP contribution < -0.4 is 16.2 Å². The van der Waals surface area contributed by atoms with E-state index < -0.39 is 32.5 Å². The van der Waals surface area contributed by atoms with Crippen LogP contribution in [0.3, 0.4) is 0 Å². The van der Waals surface area contributed by atoms with Crippen molar-refractivity contribution in [2.24, 2.45) is 5.92 Å². The third-order valence-electron chi connectivity index (χ3n) is 12.7. The van der Waals surface area contributed by atoms with E-state index in [1.807, 2.05) is 23.6 Å². The number of halogens is 2. The lowest BCUT2D eigenvalue weighted by atomic mass is 9.91. The fraction of sp³-hybridized carbons (Fsp3) is 0.341. The molecule has 7 aromatic rings. The number of carbonyl (C=O) groups excluding carboxylic acids is 1. The van der Waals surface area contributed by atoms with Crippen molar-refractivity contribution in [1.82, 2.24) is 38.5 Å². The van der Waals surface area contributed by atoms with E-state index in [1.165, 1.54) is 9.13 Å². The van der Waals surface area contributed by atoms with Gasteiger partial charge in [0, 0.05) is 55.2 Å². The SMILES string of the molecule is Cc1cc(-n2nc3c(c2-n2ccn(-c4ccc(NS(C)(=O)=O)cc4)c2=O)[C@H](Cl)N(C(=O)c2cc4cc(C5CCOCC5)ccc4n2[C@@]2(c4noc(=O)[nH]4)C[C@@H]2C)CC3)cc(C)c1F. The molecular weight excluding hydrogens is 853 g/mol. The van der Waals surface area contributed by atoms with Crippen LogP contribution >= 0.6 is 11.6 Å². The summed E-state index contributed by atoms with van der Waals surface area (Å²) >= 11 is 7.52. The molecule has 2 fully saturated rings. The Bertz CT molecular complexity index is 3190. The van der Waals surface area contributed by atoms with E-state index in [9.17, 15) is 18.0 Å². The number of imidazole rings is 1. The summed E-state index contributed by atoms with van der Waals surface area (Å²) in [5, 5.41) is 9.95.